The monoisotopic (exact) mass is 509 g/mol. The van der Waals surface area contributed by atoms with Gasteiger partial charge in [-0.3, -0.25) is 9.89 Å². The molecule has 0 saturated carbocycles. The first-order valence-electron chi connectivity index (χ1n) is 10.8. The number of methoxy groups -OCH3 is 2. The number of fused-ring (bicyclic) bond motifs is 1. The first kappa shape index (κ1) is 23.1. The molecule has 1 atom stereocenters. The molecule has 0 fully saturated rings. The van der Waals surface area contributed by atoms with E-state index in [9.17, 15) is 9.90 Å². The lowest BCUT2D eigenvalue weighted by Gasteiger charge is -2.27. The van der Waals surface area contributed by atoms with Crippen LogP contribution in [0.15, 0.2) is 60.7 Å². The molecular formula is C26H21Cl2N3O4. The Hall–Kier alpha value is -3.68. The average Bonchev–Trinajstić information content (AvgIpc) is 3.40. The van der Waals surface area contributed by atoms with E-state index in [2.05, 4.69) is 10.2 Å². The molecule has 2 heterocycles. The number of aromatic nitrogens is 2. The molecule has 1 aliphatic rings. The second-order valence-corrected chi connectivity index (χ2v) is 8.98. The number of amides is 1. The molecule has 2 N–H and O–H groups in total. The molecule has 1 unspecified atom stereocenters. The van der Waals surface area contributed by atoms with E-state index in [1.165, 1.54) is 14.2 Å². The minimum Gasteiger partial charge on any atom is -0.502 e. The predicted octanol–water partition coefficient (Wildman–Crippen LogP) is 5.85. The van der Waals surface area contributed by atoms with Crippen LogP contribution in [0.25, 0.3) is 11.3 Å². The fourth-order valence-corrected chi connectivity index (χ4v) is 4.64. The molecule has 7 nitrogen and oxygen atoms in total. The van der Waals surface area contributed by atoms with Crippen LogP contribution in [0.5, 0.6) is 17.2 Å². The normalized spacial score (nSPS) is 14.8. The smallest absolute Gasteiger partial charge is 0.273 e. The van der Waals surface area contributed by atoms with Crippen molar-refractivity contribution in [3.8, 4) is 28.5 Å². The third kappa shape index (κ3) is 4.07. The van der Waals surface area contributed by atoms with Gasteiger partial charge < -0.3 is 19.5 Å². The Morgan fingerprint density at radius 3 is 2.11 bits per heavy atom. The fraction of sp³-hybridized carbons (Fsp3) is 0.154. The number of carbonyl (C=O) groups is 1. The maximum atomic E-state index is 13.6. The number of carbonyl (C=O) groups excluding carboxylic acids is 1. The maximum absolute atomic E-state index is 13.6. The topological polar surface area (TPSA) is 87.7 Å². The second kappa shape index (κ2) is 9.17. The van der Waals surface area contributed by atoms with Gasteiger partial charge in [0.05, 0.1) is 26.0 Å². The van der Waals surface area contributed by atoms with Gasteiger partial charge in [-0.25, -0.2) is 0 Å². The Bertz CT molecular complexity index is 1380. The summed E-state index contributed by atoms with van der Waals surface area (Å²) in [5.41, 5.74) is 4.20. The van der Waals surface area contributed by atoms with E-state index in [4.69, 9.17) is 32.7 Å². The number of hydrogen-bond donors (Lipinski definition) is 2. The Balaban J connectivity index is 1.69. The number of phenolic OH excluding ortho intramolecular Hbond substituents is 1. The van der Waals surface area contributed by atoms with Crippen LogP contribution in [0, 0.1) is 0 Å². The van der Waals surface area contributed by atoms with Crippen LogP contribution < -0.4 is 9.47 Å². The molecule has 1 amide bonds. The number of ether oxygens (including phenoxy) is 2. The van der Waals surface area contributed by atoms with E-state index in [-0.39, 0.29) is 23.2 Å². The molecule has 1 aromatic heterocycles. The maximum Gasteiger partial charge on any atom is 0.273 e. The molecular weight excluding hydrogens is 489 g/mol. The summed E-state index contributed by atoms with van der Waals surface area (Å²) in [5.74, 6) is 0.169. The number of phenols is 1. The molecule has 35 heavy (non-hydrogen) atoms. The summed E-state index contributed by atoms with van der Waals surface area (Å²) in [6.45, 7) is 0.328. The van der Waals surface area contributed by atoms with Crippen molar-refractivity contribution in [3.05, 3.63) is 93.1 Å². The highest BCUT2D eigenvalue weighted by molar-refractivity contribution is 6.30. The Kier molecular flexibility index (Phi) is 6.05. The van der Waals surface area contributed by atoms with Crippen LogP contribution >= 0.6 is 23.2 Å². The Labute approximate surface area is 211 Å². The summed E-state index contributed by atoms with van der Waals surface area (Å²) in [7, 11) is 2.93. The summed E-state index contributed by atoms with van der Waals surface area (Å²) in [6.07, 6.45) is 0. The molecule has 1 aliphatic heterocycles. The highest BCUT2D eigenvalue weighted by atomic mass is 35.5. The lowest BCUT2D eigenvalue weighted by molar-refractivity contribution is 0.0729. The minimum absolute atomic E-state index is 0.113. The highest BCUT2D eigenvalue weighted by Gasteiger charge is 2.42. The van der Waals surface area contributed by atoms with Gasteiger partial charge in [0.1, 0.15) is 5.69 Å². The van der Waals surface area contributed by atoms with Crippen molar-refractivity contribution in [1.29, 1.82) is 0 Å². The summed E-state index contributed by atoms with van der Waals surface area (Å²) in [4.78, 5) is 15.4. The van der Waals surface area contributed by atoms with Crippen molar-refractivity contribution in [2.45, 2.75) is 12.6 Å². The van der Waals surface area contributed by atoms with E-state index < -0.39 is 6.04 Å². The van der Waals surface area contributed by atoms with E-state index >= 15 is 0 Å². The molecule has 0 bridgehead atoms. The van der Waals surface area contributed by atoms with E-state index in [1.807, 2.05) is 24.3 Å². The lowest BCUT2D eigenvalue weighted by Crippen LogP contribution is -2.29. The number of rotatable bonds is 6. The van der Waals surface area contributed by atoms with Crippen LogP contribution in [0.2, 0.25) is 10.0 Å². The minimum atomic E-state index is -0.527. The number of aromatic hydroxyl groups is 1. The standard InChI is InChI=1S/C26H21Cl2N3O4/c1-34-19-11-16(12-20(35-2)25(19)32)24-21-22(15-5-9-18(28)10-6-15)29-30-23(21)26(33)31(24)13-14-3-7-17(27)8-4-14/h3-12,24,32H,13H2,1-2H3,(H,29,30). The van der Waals surface area contributed by atoms with Gasteiger partial charge in [-0.15, -0.1) is 0 Å². The average molecular weight is 510 g/mol. The third-order valence-electron chi connectivity index (χ3n) is 6.07. The van der Waals surface area contributed by atoms with Gasteiger partial charge in [0.25, 0.3) is 5.91 Å². The SMILES string of the molecule is COc1cc(C2c3c(-c4ccc(Cl)cc4)n[nH]c3C(=O)N2Cc2ccc(Cl)cc2)cc(OC)c1O. The van der Waals surface area contributed by atoms with Crippen molar-refractivity contribution in [2.75, 3.05) is 14.2 Å². The zero-order valence-corrected chi connectivity index (χ0v) is 20.4. The van der Waals surface area contributed by atoms with Gasteiger partial charge in [-0.1, -0.05) is 47.5 Å². The van der Waals surface area contributed by atoms with Crippen LogP contribution in [-0.4, -0.2) is 40.3 Å². The summed E-state index contributed by atoms with van der Waals surface area (Å²) >= 11 is 12.2. The van der Waals surface area contributed by atoms with Crippen LogP contribution in [0.1, 0.15) is 33.2 Å². The van der Waals surface area contributed by atoms with Crippen LogP contribution in [0.3, 0.4) is 0 Å². The number of nitrogens with zero attached hydrogens (tertiary/aromatic N) is 2. The molecule has 0 saturated heterocycles. The first-order valence-corrected chi connectivity index (χ1v) is 11.5. The van der Waals surface area contributed by atoms with Crippen molar-refractivity contribution in [2.24, 2.45) is 0 Å². The number of H-pyrrole nitrogens is 1. The molecule has 0 radical (unpaired) electrons. The van der Waals surface area contributed by atoms with E-state index in [0.717, 1.165) is 16.7 Å². The molecule has 3 aromatic carbocycles. The van der Waals surface area contributed by atoms with Gasteiger partial charge in [-0.2, -0.15) is 5.10 Å². The molecule has 9 heteroatoms. The summed E-state index contributed by atoms with van der Waals surface area (Å²) in [5, 5.41) is 19.1. The Morgan fingerprint density at radius 2 is 1.54 bits per heavy atom. The number of halogens is 2. The zero-order valence-electron chi connectivity index (χ0n) is 18.9. The fourth-order valence-electron chi connectivity index (χ4n) is 4.39. The Morgan fingerprint density at radius 1 is 0.971 bits per heavy atom. The first-order chi connectivity index (χ1) is 16.9. The third-order valence-corrected chi connectivity index (χ3v) is 6.57. The summed E-state index contributed by atoms with van der Waals surface area (Å²) in [6, 6.07) is 17.5. The molecule has 0 aliphatic carbocycles. The molecule has 0 spiro atoms. The predicted molar refractivity (Wildman–Crippen MR) is 133 cm³/mol. The van der Waals surface area contributed by atoms with E-state index in [0.29, 0.717) is 33.5 Å². The van der Waals surface area contributed by atoms with Crippen molar-refractivity contribution in [1.82, 2.24) is 15.1 Å². The second-order valence-electron chi connectivity index (χ2n) is 8.10. The zero-order chi connectivity index (χ0) is 24.7. The van der Waals surface area contributed by atoms with Gasteiger partial charge in [-0.05, 0) is 47.5 Å². The van der Waals surface area contributed by atoms with Crippen molar-refractivity contribution >= 4 is 29.1 Å². The molecule has 178 valence electrons. The van der Waals surface area contributed by atoms with Gasteiger partial charge in [0.15, 0.2) is 11.5 Å². The number of nitrogens with one attached hydrogen (secondary N) is 1. The largest absolute Gasteiger partial charge is 0.502 e. The quantitative estimate of drug-likeness (QED) is 0.340. The van der Waals surface area contributed by atoms with Crippen LogP contribution in [0.4, 0.5) is 0 Å². The van der Waals surface area contributed by atoms with Gasteiger partial charge >= 0.3 is 0 Å². The van der Waals surface area contributed by atoms with Crippen LogP contribution in [-0.2, 0) is 6.54 Å². The summed E-state index contributed by atoms with van der Waals surface area (Å²) < 4.78 is 10.8. The number of aromatic amines is 1. The van der Waals surface area contributed by atoms with Gasteiger partial charge in [0.2, 0.25) is 5.75 Å². The number of hydrogen-bond acceptors (Lipinski definition) is 5. The lowest BCUT2D eigenvalue weighted by atomic mass is 9.95. The molecule has 4 aromatic rings. The highest BCUT2D eigenvalue weighted by Crippen LogP contribution is 2.47. The van der Waals surface area contributed by atoms with Crippen molar-refractivity contribution in [3.63, 3.8) is 0 Å². The number of benzene rings is 3. The van der Waals surface area contributed by atoms with Gasteiger partial charge in [0, 0.05) is 27.7 Å². The van der Waals surface area contributed by atoms with E-state index in [1.54, 1.807) is 41.3 Å². The van der Waals surface area contributed by atoms with Crippen molar-refractivity contribution < 1.29 is 19.4 Å². The molecule has 5 rings (SSSR count).